The molecule has 128 heavy (non-hydrogen) atoms. The summed E-state index contributed by atoms with van der Waals surface area (Å²) in [4.78, 5) is 46.4. The van der Waals surface area contributed by atoms with Crippen molar-refractivity contribution < 1.29 is 0 Å². The Morgan fingerprint density at radius 3 is 0.820 bits per heavy atom. The van der Waals surface area contributed by atoms with Gasteiger partial charge in [-0.3, -0.25) is 0 Å². The molecule has 4 aromatic heterocycles. The van der Waals surface area contributed by atoms with Crippen LogP contribution in [-0.4, -0.2) is 39.9 Å². The molecule has 18 aromatic carbocycles. The molecule has 2 aliphatic heterocycles. The van der Waals surface area contributed by atoms with Gasteiger partial charge in [0.25, 0.3) is 0 Å². The van der Waals surface area contributed by atoms with Crippen molar-refractivity contribution in [1.82, 2.24) is 39.9 Å². The second-order valence-electron chi connectivity index (χ2n) is 33.0. The Kier molecular flexibility index (Phi) is 17.8. The van der Waals surface area contributed by atoms with Crippen molar-refractivity contribution >= 4 is 66.9 Å². The van der Waals surface area contributed by atoms with E-state index in [4.69, 9.17) is 39.9 Å². The van der Waals surface area contributed by atoms with Crippen LogP contribution >= 0.6 is 23.5 Å². The van der Waals surface area contributed by atoms with Crippen LogP contribution in [0.15, 0.2) is 456 Å². The van der Waals surface area contributed by atoms with Gasteiger partial charge in [0.15, 0.2) is 34.9 Å². The van der Waals surface area contributed by atoms with Crippen molar-refractivity contribution in [2.24, 2.45) is 0 Å². The fourth-order valence-electron chi connectivity index (χ4n) is 20.4. The van der Waals surface area contributed by atoms with Gasteiger partial charge in [0.2, 0.25) is 0 Å². The second-order valence-corrected chi connectivity index (χ2v) is 35.1. The highest BCUT2D eigenvalue weighted by Crippen LogP contribution is 2.66. The molecule has 22 aromatic rings. The first kappa shape index (κ1) is 74.6. The highest BCUT2D eigenvalue weighted by molar-refractivity contribution is 7.99. The lowest BCUT2D eigenvalue weighted by atomic mass is 9.67. The number of hydrogen-bond donors (Lipinski definition) is 0. The summed E-state index contributed by atoms with van der Waals surface area (Å²) < 4.78 is 0. The topological polar surface area (TPSA) is 103 Å². The molecule has 0 N–H and O–H groups in total. The number of hydrogen-bond acceptors (Lipinski definition) is 10. The summed E-state index contributed by atoms with van der Waals surface area (Å²) in [6.07, 6.45) is 0. The summed E-state index contributed by atoms with van der Waals surface area (Å²) in [6, 6.07) is 156. The van der Waals surface area contributed by atoms with E-state index in [-0.39, 0.29) is 0 Å². The minimum atomic E-state index is -0.476. The Labute approximate surface area is 748 Å². The molecule has 10 heteroatoms. The second kappa shape index (κ2) is 30.5. The van der Waals surface area contributed by atoms with Gasteiger partial charge < -0.3 is 0 Å². The zero-order valence-electron chi connectivity index (χ0n) is 69.0. The average molecular weight is 1670 g/mol. The van der Waals surface area contributed by atoms with E-state index in [0.29, 0.717) is 34.9 Å². The molecule has 6 heterocycles. The van der Waals surface area contributed by atoms with Crippen LogP contribution in [0.3, 0.4) is 0 Å². The van der Waals surface area contributed by atoms with Crippen molar-refractivity contribution in [2.75, 3.05) is 0 Å². The maximum Gasteiger partial charge on any atom is 0.164 e. The largest absolute Gasteiger partial charge is 0.247 e. The van der Waals surface area contributed by atoms with E-state index < -0.39 is 10.8 Å². The van der Waals surface area contributed by atoms with Gasteiger partial charge in [-0.1, -0.05) is 406 Å². The minimum absolute atomic E-state index is 0.456. The van der Waals surface area contributed by atoms with E-state index in [0.717, 1.165) is 111 Å². The number of fused-ring (bicyclic) bond motifs is 26. The fraction of sp³-hybridized carbons (Fsp3) is 0.0169. The van der Waals surface area contributed by atoms with E-state index >= 15 is 0 Å². The van der Waals surface area contributed by atoms with Crippen molar-refractivity contribution in [1.29, 1.82) is 0 Å². The van der Waals surface area contributed by atoms with Crippen LogP contribution in [0.1, 0.15) is 44.5 Å². The number of nitrogens with zero attached hydrogens (tertiary/aromatic N) is 8. The first-order valence-corrected chi connectivity index (χ1v) is 44.9. The summed E-state index contributed by atoms with van der Waals surface area (Å²) in [5, 5.41) is 7.00. The maximum absolute atomic E-state index is 5.48. The van der Waals surface area contributed by atoms with Crippen molar-refractivity contribution in [2.45, 2.75) is 30.4 Å². The summed E-state index contributed by atoms with van der Waals surface area (Å²) in [5.74, 6) is 3.77. The van der Waals surface area contributed by atoms with E-state index in [1.807, 2.05) is 108 Å². The molecule has 0 amide bonds. The zero-order valence-corrected chi connectivity index (χ0v) is 70.6. The number of benzene rings is 18. The molecule has 0 fully saturated rings. The summed E-state index contributed by atoms with van der Waals surface area (Å²) in [6.45, 7) is 0. The molecule has 26 rings (SSSR count). The van der Waals surface area contributed by atoms with Crippen LogP contribution in [0.5, 0.6) is 0 Å². The molecule has 2 spiro atoms. The Bertz CT molecular complexity index is 8120. The zero-order chi connectivity index (χ0) is 84.4. The lowest BCUT2D eigenvalue weighted by Crippen LogP contribution is -2.31. The van der Waals surface area contributed by atoms with Crippen LogP contribution in [0.2, 0.25) is 0 Å². The molecular formula is C118H72N8S2. The van der Waals surface area contributed by atoms with Crippen molar-refractivity contribution in [3.8, 4) is 135 Å². The van der Waals surface area contributed by atoms with E-state index in [2.05, 4.69) is 352 Å². The minimum Gasteiger partial charge on any atom is -0.247 e. The number of rotatable bonds is 10. The lowest BCUT2D eigenvalue weighted by molar-refractivity contribution is 0.723. The van der Waals surface area contributed by atoms with Crippen molar-refractivity contribution in [3.05, 3.63) is 481 Å². The SMILES string of the molecule is c1ccc(-c2cccc(-c3nc(-c4ccccc4)nc(-c4cccc(-c5nc6ccccc6c6c7c(ccc56)C5(c6ccccc6Sc6ccccc65)c5ccccc5-7)c4)n3)c2)cc1.c1ccc(-c2nc(-c3ccccc3)nc(-c3ccc(-c4cccc(-c5nc6ccccc6c6c7c(ccc56)C5(c6ccccc6Sc6ccccc65)c5ccccc5-7)c4)cc3)n2)cc1. The van der Waals surface area contributed by atoms with E-state index in [1.165, 1.54) is 97.1 Å². The quantitative estimate of drug-likeness (QED) is 0.123. The third-order valence-corrected chi connectivity index (χ3v) is 28.3. The molecule has 0 radical (unpaired) electrons. The van der Waals surface area contributed by atoms with Crippen LogP contribution in [0.25, 0.3) is 179 Å². The monoisotopic (exact) mass is 1660 g/mol. The molecule has 4 aliphatic rings. The number of para-hydroxylation sites is 2. The standard InChI is InChI=1S/2C59H36N4S/c1-3-17-37(18-4-1)39-21-15-23-41(35-39)57-61-56(38-19-5-2-6-20-38)62-58(63-57)42-24-16-22-40(36-42)55-45-33-34-49-54(53(45)44-26-8-12-30-50(44)60-55)43-25-7-9-27-46(43)59(49)47-28-10-13-31-51(47)64-52-32-14-11-29-48(52)59;1-3-16-38(17-4-1)56-61-57(39-18-5-2-6-19-39)63-58(62-56)40-32-30-37(31-33-40)41-20-15-21-42(36-41)55-45-34-35-49-54(53(45)44-23-8-12-27-50(44)60-55)43-22-7-9-24-46(43)59(49)47-25-10-13-28-51(47)64-52-29-14-11-26-48(52)59/h2*1-36H. The molecule has 0 saturated heterocycles. The van der Waals surface area contributed by atoms with E-state index in [1.54, 1.807) is 0 Å². The molecule has 2 aliphatic carbocycles. The first-order valence-electron chi connectivity index (χ1n) is 43.3. The molecule has 596 valence electrons. The molecule has 0 unspecified atom stereocenters. The molecule has 0 saturated carbocycles. The van der Waals surface area contributed by atoms with Gasteiger partial charge in [-0.15, -0.1) is 0 Å². The lowest BCUT2D eigenvalue weighted by Gasteiger charge is -2.39. The van der Waals surface area contributed by atoms with Crippen LogP contribution in [-0.2, 0) is 10.8 Å². The fourth-order valence-corrected chi connectivity index (χ4v) is 22.8. The van der Waals surface area contributed by atoms with Gasteiger partial charge in [-0.25, -0.2) is 39.9 Å². The van der Waals surface area contributed by atoms with Crippen molar-refractivity contribution in [3.63, 3.8) is 0 Å². The normalized spacial score (nSPS) is 13.1. The first-order chi connectivity index (χ1) is 63.4. The number of pyridine rings is 2. The maximum atomic E-state index is 5.48. The summed E-state index contributed by atoms with van der Waals surface area (Å²) >= 11 is 3.75. The Hall–Kier alpha value is -16.0. The third kappa shape index (κ3) is 12.0. The predicted molar refractivity (Wildman–Crippen MR) is 522 cm³/mol. The molecule has 0 atom stereocenters. The van der Waals surface area contributed by atoms with Crippen LogP contribution in [0, 0.1) is 0 Å². The Morgan fingerprint density at radius 2 is 0.430 bits per heavy atom. The highest BCUT2D eigenvalue weighted by atomic mass is 32.2. The van der Waals surface area contributed by atoms with Gasteiger partial charge in [-0.2, -0.15) is 0 Å². The molecule has 0 bridgehead atoms. The van der Waals surface area contributed by atoms with Gasteiger partial charge in [0.05, 0.1) is 33.3 Å². The van der Waals surface area contributed by atoms with E-state index in [9.17, 15) is 0 Å². The van der Waals surface area contributed by atoms with Crippen LogP contribution in [0.4, 0.5) is 0 Å². The number of aromatic nitrogens is 8. The molecular weight excluding hydrogens is 1590 g/mol. The van der Waals surface area contributed by atoms with Crippen LogP contribution < -0.4 is 0 Å². The summed E-state index contributed by atoms with van der Waals surface area (Å²) in [5.41, 5.74) is 30.7. The third-order valence-electron chi connectivity index (χ3n) is 25.9. The smallest absolute Gasteiger partial charge is 0.164 e. The highest BCUT2D eigenvalue weighted by Gasteiger charge is 2.53. The predicted octanol–water partition coefficient (Wildman–Crippen LogP) is 29.5. The van der Waals surface area contributed by atoms with Gasteiger partial charge in [0.1, 0.15) is 0 Å². The Balaban J connectivity index is 0.000000139. The van der Waals surface area contributed by atoms with Gasteiger partial charge in [0, 0.05) is 96.4 Å². The average Bonchev–Trinajstić information content (AvgIpc) is 1.51. The van der Waals surface area contributed by atoms with Gasteiger partial charge >= 0.3 is 0 Å². The summed E-state index contributed by atoms with van der Waals surface area (Å²) in [7, 11) is 0. The van der Waals surface area contributed by atoms with Gasteiger partial charge in [-0.05, 0) is 144 Å². The molecule has 8 nitrogen and oxygen atoms in total. The Morgan fingerprint density at radius 1 is 0.164 bits per heavy atom.